The van der Waals surface area contributed by atoms with E-state index in [-0.39, 0.29) is 66.3 Å². The van der Waals surface area contributed by atoms with Gasteiger partial charge in [0.05, 0.1) is 11.1 Å². The first-order valence-electron chi connectivity index (χ1n) is 22.6. The second kappa shape index (κ2) is 17.1. The van der Waals surface area contributed by atoms with Crippen molar-refractivity contribution in [2.45, 2.75) is 71.6 Å². The minimum absolute atomic E-state index is 0. The Morgan fingerprint density at radius 2 is 1.00 bits per heavy atom. The molecule has 63 heavy (non-hydrogen) atoms. The van der Waals surface area contributed by atoms with Crippen molar-refractivity contribution in [3.63, 3.8) is 0 Å². The molecule has 9 nitrogen and oxygen atoms in total. The average Bonchev–Trinajstić information content (AvgIpc) is 3.97. The molecule has 0 saturated heterocycles. The first-order valence-corrected chi connectivity index (χ1v) is 19.6. The van der Waals surface area contributed by atoms with Crippen LogP contribution in [-0.4, -0.2) is 33.9 Å². The number of benzene rings is 4. The van der Waals surface area contributed by atoms with Gasteiger partial charge < -0.3 is 24.6 Å². The van der Waals surface area contributed by atoms with E-state index in [1.54, 1.807) is 9.80 Å². The molecular weight excluding hydrogens is 1000 g/mol. The van der Waals surface area contributed by atoms with Crippen molar-refractivity contribution >= 4 is 56.5 Å². The number of alkyl halides is 6. The Hall–Kier alpha value is -5.69. The van der Waals surface area contributed by atoms with Crippen LogP contribution in [-0.2, 0) is 33.4 Å². The number of halogens is 6. The van der Waals surface area contributed by atoms with E-state index in [4.69, 9.17) is 8.22 Å². The van der Waals surface area contributed by atoms with Crippen LogP contribution in [0.2, 0.25) is 0 Å². The van der Waals surface area contributed by atoms with Gasteiger partial charge in [-0.1, -0.05) is 77.9 Å². The van der Waals surface area contributed by atoms with E-state index in [0.29, 0.717) is 28.9 Å². The third-order valence-corrected chi connectivity index (χ3v) is 10.7. The summed E-state index contributed by atoms with van der Waals surface area (Å²) in [4.78, 5) is 27.3. The molecule has 4 aromatic carbocycles. The van der Waals surface area contributed by atoms with E-state index in [0.717, 1.165) is 57.3 Å². The fourth-order valence-electron chi connectivity index (χ4n) is 7.54. The maximum atomic E-state index is 12.7. The van der Waals surface area contributed by atoms with Crippen molar-refractivity contribution in [1.82, 2.24) is 24.9 Å². The maximum Gasteiger partial charge on any atom is 4.00 e. The Bertz CT molecular complexity index is 2840. The maximum absolute atomic E-state index is 12.7. The van der Waals surface area contributed by atoms with E-state index in [2.05, 4.69) is 84.7 Å². The summed E-state index contributed by atoms with van der Waals surface area (Å²) in [7, 11) is 0. The average molecular weight is 1050 g/mol. The molecule has 0 bridgehead atoms. The third-order valence-electron chi connectivity index (χ3n) is 10.7. The van der Waals surface area contributed by atoms with Crippen LogP contribution in [0, 0.1) is 19.4 Å². The molecule has 2 aliphatic rings. The van der Waals surface area contributed by atoms with Gasteiger partial charge >= 0.3 is 33.4 Å². The van der Waals surface area contributed by atoms with Gasteiger partial charge in [0.2, 0.25) is 0 Å². The molecule has 3 aromatic heterocycles. The van der Waals surface area contributed by atoms with Gasteiger partial charge in [-0.25, -0.2) is 19.9 Å². The van der Waals surface area contributed by atoms with E-state index in [1.807, 2.05) is 12.1 Å². The zero-order valence-corrected chi connectivity index (χ0v) is 36.9. The van der Waals surface area contributed by atoms with Gasteiger partial charge in [-0.05, 0) is 76.9 Å². The molecule has 2 aliphatic heterocycles. The molecule has 328 valence electrons. The molecule has 9 rings (SSSR count). The van der Waals surface area contributed by atoms with Crippen LogP contribution < -0.4 is 24.6 Å². The summed E-state index contributed by atoms with van der Waals surface area (Å²) in [6.45, 7) is 11.0. The molecule has 0 unspecified atom stereocenters. The third kappa shape index (κ3) is 8.68. The quantitative estimate of drug-likeness (QED) is 0.120. The summed E-state index contributed by atoms with van der Waals surface area (Å²) in [6.07, 6.45) is -3.17. The van der Waals surface area contributed by atoms with Gasteiger partial charge in [0.15, 0.2) is 0 Å². The summed E-state index contributed by atoms with van der Waals surface area (Å²) >= 11 is 0. The smallest absolute Gasteiger partial charge is 0.657 e. The molecule has 0 saturated carbocycles. The van der Waals surface area contributed by atoms with Crippen LogP contribution in [0.3, 0.4) is 0 Å². The van der Waals surface area contributed by atoms with Crippen LogP contribution >= 0.6 is 0 Å². The van der Waals surface area contributed by atoms with Crippen molar-refractivity contribution in [3.8, 4) is 11.1 Å². The van der Waals surface area contributed by atoms with Gasteiger partial charge in [-0.2, -0.15) is 26.3 Å². The fraction of sp³-hybridized carbons (Fsp3) is 0.277. The zero-order valence-electron chi connectivity index (χ0n) is 40.6. The van der Waals surface area contributed by atoms with Gasteiger partial charge in [0, 0.05) is 33.0 Å². The monoisotopic (exact) mass is 1050 g/mol. The van der Waals surface area contributed by atoms with Crippen LogP contribution in [0.25, 0.3) is 32.9 Å². The normalized spacial score (nSPS) is 15.7. The van der Waals surface area contributed by atoms with Gasteiger partial charge in [0.1, 0.15) is 23.3 Å². The Balaban J connectivity index is 0.000000267. The number of nitrogens with zero attached hydrogens (tertiary/aromatic N) is 9. The summed E-state index contributed by atoms with van der Waals surface area (Å²) < 4.78 is 125. The number of hydrogen-bond donors (Lipinski definition) is 0. The topological polar surface area (TPSA) is 78.6 Å². The standard InChI is InChI=1S/C33H37N8.C14H6F6N.Pt/c1-20(2)23-15-27(21(3)4)29(28(16-23)22(5)6)24-13-25(40-18-38(7)30-32(40)36-11-9-34-30)17-26(14-24)41-19-39(8)31-33(41)37-12-10-35-31;15-13(16,17)7-1-3-11-9(5-7)10-6-8(14(18,19)20)2-4-12(10)21-11;/h9-16,18-22H,1-8H3;1-6H;/q-3;-1;+4/i7D3,8D3;;. The van der Waals surface area contributed by atoms with E-state index < -0.39 is 37.4 Å². The Morgan fingerprint density at radius 3 is 1.37 bits per heavy atom. The molecule has 0 fully saturated rings. The second-order valence-corrected chi connectivity index (χ2v) is 15.9. The van der Waals surface area contributed by atoms with Crippen molar-refractivity contribution in [3.05, 3.63) is 133 Å². The van der Waals surface area contributed by atoms with Gasteiger partial charge in [-0.3, -0.25) is 0 Å². The van der Waals surface area contributed by atoms with Crippen LogP contribution in [0.1, 0.15) is 95.3 Å². The Kier molecular flexibility index (Phi) is 10.3. The van der Waals surface area contributed by atoms with Gasteiger partial charge in [-0.15, -0.1) is 59.5 Å². The predicted octanol–water partition coefficient (Wildman–Crippen LogP) is 12.5. The molecule has 16 heteroatoms. The molecule has 0 spiro atoms. The van der Waals surface area contributed by atoms with Crippen molar-refractivity contribution in [2.75, 3.05) is 33.6 Å². The summed E-state index contributed by atoms with van der Waals surface area (Å²) in [5, 5.41) is 0.122. The van der Waals surface area contributed by atoms with Crippen LogP contribution in [0.5, 0.6) is 0 Å². The number of rotatable bonds is 6. The van der Waals surface area contributed by atoms with E-state index >= 15 is 0 Å². The minimum Gasteiger partial charge on any atom is -0.657 e. The number of anilines is 6. The first-order chi connectivity index (χ1) is 31.7. The fourth-order valence-corrected chi connectivity index (χ4v) is 7.54. The summed E-state index contributed by atoms with van der Waals surface area (Å²) in [5.74, 6) is 1.75. The molecule has 5 heterocycles. The first kappa shape index (κ1) is 37.8. The van der Waals surface area contributed by atoms with E-state index in [1.165, 1.54) is 54.8 Å². The van der Waals surface area contributed by atoms with Crippen molar-refractivity contribution in [1.29, 1.82) is 0 Å². The molecule has 7 aromatic rings. The van der Waals surface area contributed by atoms with Crippen molar-refractivity contribution < 1.29 is 55.6 Å². The SMILES string of the molecule is FC(F)(F)c1ccc2[n-]c3ccc(C(F)(F)F)cc3c2c1.[2H]C([2H])([2H])N1[CH-]N(c2[c-]c(N3[CH-]N(C([2H])([2H])[2H])c4nccnc43)cc(-c3c(C(C)C)cc(C(C)C)cc3C(C)C)c2)c2nccnc21.[Pt+4]. The number of fused-ring (bicyclic) bond motifs is 5. The van der Waals surface area contributed by atoms with Gasteiger partial charge in [0.25, 0.3) is 0 Å². The van der Waals surface area contributed by atoms with Crippen LogP contribution in [0.4, 0.5) is 61.0 Å². The largest absolute Gasteiger partial charge is 4.00 e. The predicted molar refractivity (Wildman–Crippen MR) is 232 cm³/mol. The Labute approximate surface area is 384 Å². The molecule has 0 radical (unpaired) electrons. The number of hydrogen-bond acceptors (Lipinski definition) is 8. The molecular formula is C47H43F6N9Pt. The molecule has 0 aliphatic carbocycles. The number of aromatic nitrogens is 5. The Morgan fingerprint density at radius 1 is 0.587 bits per heavy atom. The summed E-state index contributed by atoms with van der Waals surface area (Å²) in [6, 6.07) is 17.6. The zero-order chi connectivity index (χ0) is 49.4. The summed E-state index contributed by atoms with van der Waals surface area (Å²) in [5.41, 5.74) is 5.14. The van der Waals surface area contributed by atoms with E-state index in [9.17, 15) is 26.3 Å². The van der Waals surface area contributed by atoms with Crippen molar-refractivity contribution in [2.24, 2.45) is 0 Å². The molecule has 0 amide bonds. The second-order valence-electron chi connectivity index (χ2n) is 15.9. The minimum atomic E-state index is -4.56. The molecule has 0 N–H and O–H groups in total. The molecule has 0 atom stereocenters. The van der Waals surface area contributed by atoms with Crippen LogP contribution in [0.15, 0.2) is 85.5 Å².